The molecule has 0 nitrogen and oxygen atoms in total. The zero-order chi connectivity index (χ0) is 23.0. The largest absolute Gasteiger partial charge is 0.168 e. The minimum Gasteiger partial charge on any atom is -0.168 e. The van der Waals surface area contributed by atoms with E-state index in [0.717, 1.165) is 9.52 Å². The second kappa shape index (κ2) is 21.6. The Morgan fingerprint density at radius 1 is 0.556 bits per heavy atom. The van der Waals surface area contributed by atoms with E-state index in [1.54, 1.807) is 0 Å². The molecule has 0 saturated heterocycles. The summed E-state index contributed by atoms with van der Waals surface area (Å²) < 4.78 is 0. The van der Waals surface area contributed by atoms with Crippen molar-refractivity contribution in [3.05, 3.63) is 115 Å². The van der Waals surface area contributed by atoms with Crippen molar-refractivity contribution < 1.29 is 25.8 Å². The molecule has 0 aliphatic rings. The number of hydrogen-bond donors (Lipinski definition) is 0. The predicted molar refractivity (Wildman–Crippen MR) is 164 cm³/mol. The molecule has 190 valence electrons. The van der Waals surface area contributed by atoms with Gasteiger partial charge in [0.1, 0.15) is 0 Å². The summed E-state index contributed by atoms with van der Waals surface area (Å²) in [5.74, 6) is 0. The summed E-state index contributed by atoms with van der Waals surface area (Å²) in [5.41, 5.74) is 0. The zero-order valence-electron chi connectivity index (χ0n) is 21.2. The van der Waals surface area contributed by atoms with Gasteiger partial charge in [-0.2, -0.15) is 35.0 Å². The first-order valence-corrected chi connectivity index (χ1v) is 13.6. The predicted octanol–water partition coefficient (Wildman–Crippen LogP) is 9.75. The standard InChI is InChI=1S/C14H22Si.2C9H7.2ClH.Hf/c1-2-3-4-5-6-10-13-15-14-11-8-7-9-12-14;2*1-2-5-9-7-3-6-8(9)4-1;;;/h7-9,11-12H,2-6,10,13H2,1H3;2*1-7H;2*1H;/q;2*-1;;;. The van der Waals surface area contributed by atoms with Crippen LogP contribution in [0.4, 0.5) is 0 Å². The van der Waals surface area contributed by atoms with Gasteiger partial charge in [-0.05, 0) is 0 Å². The molecule has 0 aromatic heterocycles. The molecule has 0 amide bonds. The monoisotopic (exact) mass is 700 g/mol. The normalized spacial score (nSPS) is 9.47. The molecule has 0 aliphatic heterocycles. The average molecular weight is 700 g/mol. The maximum atomic E-state index is 2.27. The molecule has 5 aromatic rings. The van der Waals surface area contributed by atoms with E-state index in [1.165, 1.54) is 71.3 Å². The van der Waals surface area contributed by atoms with Gasteiger partial charge in [0.2, 0.25) is 0 Å². The number of unbranched alkanes of at least 4 members (excludes halogenated alkanes) is 5. The number of halogens is 2. The third kappa shape index (κ3) is 13.2. The molecule has 5 rings (SSSR count). The van der Waals surface area contributed by atoms with Crippen molar-refractivity contribution in [3.63, 3.8) is 0 Å². The summed E-state index contributed by atoms with van der Waals surface area (Å²) in [6, 6.07) is 41.6. The van der Waals surface area contributed by atoms with Crippen LogP contribution in [0.3, 0.4) is 0 Å². The fourth-order valence-electron chi connectivity index (χ4n) is 3.83. The molecule has 0 fully saturated rings. The molecule has 2 radical (unpaired) electrons. The number of benzene rings is 3. The SMILES string of the molecule is CCCCCCCC[Si]c1ccccc1.Cl.Cl.[Hf].c1ccc2[cH-]ccc2c1.c1ccc2[cH-]ccc2c1. The van der Waals surface area contributed by atoms with Crippen LogP contribution in [0.2, 0.25) is 6.04 Å². The van der Waals surface area contributed by atoms with E-state index in [9.17, 15) is 0 Å². The van der Waals surface area contributed by atoms with Gasteiger partial charge in [0.15, 0.2) is 0 Å². The summed E-state index contributed by atoms with van der Waals surface area (Å²) in [7, 11) is 1.02. The van der Waals surface area contributed by atoms with E-state index in [1.807, 2.05) is 0 Å². The van der Waals surface area contributed by atoms with Gasteiger partial charge in [0, 0.05) is 25.8 Å². The van der Waals surface area contributed by atoms with Crippen LogP contribution in [0.15, 0.2) is 115 Å². The van der Waals surface area contributed by atoms with Crippen molar-refractivity contribution in [3.8, 4) is 0 Å². The minimum absolute atomic E-state index is 0. The van der Waals surface area contributed by atoms with Crippen molar-refractivity contribution in [2.45, 2.75) is 51.5 Å². The Kier molecular flexibility index (Phi) is 20.7. The van der Waals surface area contributed by atoms with E-state index in [0.29, 0.717) is 0 Å². The maximum absolute atomic E-state index is 2.27. The Labute approximate surface area is 252 Å². The summed E-state index contributed by atoms with van der Waals surface area (Å²) in [4.78, 5) is 0. The molecule has 0 atom stereocenters. The molecule has 0 aliphatic carbocycles. The van der Waals surface area contributed by atoms with E-state index in [4.69, 9.17) is 0 Å². The molecule has 36 heavy (non-hydrogen) atoms. The first kappa shape index (κ1) is 34.5. The Bertz CT molecular complexity index is 1020. The molecule has 0 unspecified atom stereocenters. The molecule has 5 aromatic carbocycles. The Balaban J connectivity index is 0.000000509. The van der Waals surface area contributed by atoms with Crippen LogP contribution in [-0.2, 0) is 25.8 Å². The molecule has 4 heteroatoms. The maximum Gasteiger partial charge on any atom is 0.0807 e. The van der Waals surface area contributed by atoms with Crippen LogP contribution in [0.25, 0.3) is 21.5 Å². The minimum atomic E-state index is 0. The second-order valence-corrected chi connectivity index (χ2v) is 9.80. The second-order valence-electron chi connectivity index (χ2n) is 8.37. The molecule has 0 saturated carbocycles. The molecule has 0 N–H and O–H groups in total. The number of fused-ring (bicyclic) bond motifs is 2. The van der Waals surface area contributed by atoms with Crippen molar-refractivity contribution in [2.24, 2.45) is 0 Å². The van der Waals surface area contributed by atoms with Gasteiger partial charge in [0.25, 0.3) is 0 Å². The van der Waals surface area contributed by atoms with Gasteiger partial charge >= 0.3 is 0 Å². The first-order chi connectivity index (χ1) is 16.4. The van der Waals surface area contributed by atoms with Crippen LogP contribution in [0.5, 0.6) is 0 Å². The van der Waals surface area contributed by atoms with Crippen molar-refractivity contribution in [2.75, 3.05) is 0 Å². The van der Waals surface area contributed by atoms with Gasteiger partial charge in [-0.1, -0.05) is 99.1 Å². The fourth-order valence-corrected chi connectivity index (χ4v) is 4.98. The van der Waals surface area contributed by atoms with Crippen LogP contribution in [-0.4, -0.2) is 9.52 Å². The van der Waals surface area contributed by atoms with Gasteiger partial charge in [-0.25, -0.2) is 0 Å². The van der Waals surface area contributed by atoms with Gasteiger partial charge in [-0.3, -0.25) is 0 Å². The number of rotatable bonds is 8. The molecule has 0 bridgehead atoms. The van der Waals surface area contributed by atoms with E-state index in [2.05, 4.69) is 122 Å². The molecular formula is C32H38Cl2HfSi-2. The summed E-state index contributed by atoms with van der Waals surface area (Å²) in [5, 5.41) is 6.84. The Morgan fingerprint density at radius 3 is 1.56 bits per heavy atom. The summed E-state index contributed by atoms with van der Waals surface area (Å²) in [6.45, 7) is 2.27. The third-order valence-electron chi connectivity index (χ3n) is 5.73. The van der Waals surface area contributed by atoms with Gasteiger partial charge in [0.05, 0.1) is 9.52 Å². The Hall–Kier alpha value is -1.45. The van der Waals surface area contributed by atoms with Crippen molar-refractivity contribution >= 4 is 61.1 Å². The van der Waals surface area contributed by atoms with E-state index >= 15 is 0 Å². The van der Waals surface area contributed by atoms with E-state index in [-0.39, 0.29) is 50.7 Å². The smallest absolute Gasteiger partial charge is 0.0807 e. The van der Waals surface area contributed by atoms with Crippen LogP contribution in [0.1, 0.15) is 45.4 Å². The van der Waals surface area contributed by atoms with Crippen molar-refractivity contribution in [1.29, 1.82) is 0 Å². The zero-order valence-corrected chi connectivity index (χ0v) is 27.5. The van der Waals surface area contributed by atoms with Gasteiger partial charge in [-0.15, -0.1) is 84.1 Å². The first-order valence-electron chi connectivity index (χ1n) is 12.4. The molecule has 0 spiro atoms. The quantitative estimate of drug-likeness (QED) is 0.0860. The topological polar surface area (TPSA) is 0 Å². The van der Waals surface area contributed by atoms with Crippen LogP contribution >= 0.6 is 24.8 Å². The van der Waals surface area contributed by atoms with Crippen molar-refractivity contribution in [1.82, 2.24) is 0 Å². The Morgan fingerprint density at radius 2 is 1.03 bits per heavy atom. The summed E-state index contributed by atoms with van der Waals surface area (Å²) in [6.07, 6.45) is 8.49. The van der Waals surface area contributed by atoms with Gasteiger partial charge < -0.3 is 0 Å². The van der Waals surface area contributed by atoms with E-state index < -0.39 is 0 Å². The average Bonchev–Trinajstić information content (AvgIpc) is 3.54. The third-order valence-corrected chi connectivity index (χ3v) is 7.07. The van der Waals surface area contributed by atoms with Crippen LogP contribution < -0.4 is 5.19 Å². The molecular weight excluding hydrogens is 662 g/mol. The molecule has 0 heterocycles. The summed E-state index contributed by atoms with van der Waals surface area (Å²) >= 11 is 0. The number of hydrogen-bond acceptors (Lipinski definition) is 0. The fraction of sp³-hybridized carbons (Fsp3) is 0.250. The van der Waals surface area contributed by atoms with Crippen LogP contribution in [0, 0.1) is 0 Å².